The van der Waals surface area contributed by atoms with Crippen LogP contribution in [0.2, 0.25) is 0 Å². The molecule has 0 saturated carbocycles. The molecule has 1 rings (SSSR count). The van der Waals surface area contributed by atoms with Crippen LogP contribution in [0.1, 0.15) is 58.8 Å². The fraction of sp³-hybridized carbons (Fsp3) is 0.867. The van der Waals surface area contributed by atoms with Crippen molar-refractivity contribution in [3.63, 3.8) is 0 Å². The summed E-state index contributed by atoms with van der Waals surface area (Å²) in [5, 5.41) is 0. The average molecular weight is 222 g/mol. The first-order chi connectivity index (χ1) is 7.73. The van der Waals surface area contributed by atoms with Gasteiger partial charge in [0.1, 0.15) is 6.54 Å². The molecule has 1 unspecified atom stereocenters. The fourth-order valence-corrected chi connectivity index (χ4v) is 2.82. The minimum atomic E-state index is 0.866. The topological polar surface area (TPSA) is 0 Å². The Bertz CT molecular complexity index is 248. The zero-order chi connectivity index (χ0) is 11.9. The third-order valence-corrected chi connectivity index (χ3v) is 4.03. The van der Waals surface area contributed by atoms with E-state index in [2.05, 4.69) is 32.7 Å². The van der Waals surface area contributed by atoms with Gasteiger partial charge in [0.05, 0.1) is 19.6 Å². The second-order valence-electron chi connectivity index (χ2n) is 5.38. The van der Waals surface area contributed by atoms with Crippen LogP contribution in [0.25, 0.3) is 0 Å². The summed E-state index contributed by atoms with van der Waals surface area (Å²) >= 11 is 0. The third kappa shape index (κ3) is 3.83. The van der Waals surface area contributed by atoms with Gasteiger partial charge in [-0.1, -0.05) is 32.6 Å². The molecule has 1 nitrogen and oxygen atoms in total. The lowest BCUT2D eigenvalue weighted by Crippen LogP contribution is -2.47. The zero-order valence-corrected chi connectivity index (χ0v) is 11.4. The molecular formula is C15H28N+. The van der Waals surface area contributed by atoms with E-state index in [1.807, 2.05) is 0 Å². The van der Waals surface area contributed by atoms with Gasteiger partial charge >= 0.3 is 0 Å². The van der Waals surface area contributed by atoms with Crippen LogP contribution in [0.3, 0.4) is 0 Å². The SMILES string of the molecule is CCCCCC#CC[N+]1(C)CCC[C@H]1CC. The van der Waals surface area contributed by atoms with Crippen LogP contribution in [0.5, 0.6) is 0 Å². The van der Waals surface area contributed by atoms with E-state index in [1.54, 1.807) is 0 Å². The summed E-state index contributed by atoms with van der Waals surface area (Å²) in [6.07, 6.45) is 9.13. The Balaban J connectivity index is 2.29. The van der Waals surface area contributed by atoms with Gasteiger partial charge < -0.3 is 4.48 Å². The van der Waals surface area contributed by atoms with E-state index < -0.39 is 0 Å². The van der Waals surface area contributed by atoms with E-state index in [9.17, 15) is 0 Å². The van der Waals surface area contributed by atoms with Crippen molar-refractivity contribution in [1.82, 2.24) is 0 Å². The van der Waals surface area contributed by atoms with Crippen LogP contribution in [0.4, 0.5) is 0 Å². The normalized spacial score (nSPS) is 28.8. The lowest BCUT2D eigenvalue weighted by Gasteiger charge is -2.33. The standard InChI is InChI=1S/C15H28N/c1-4-6-7-8-9-10-13-16(3)14-11-12-15(16)5-2/h15H,4-8,11-14H2,1-3H3/q+1/t15-,16?/m1/s1. The van der Waals surface area contributed by atoms with Crippen molar-refractivity contribution in [3.8, 4) is 11.8 Å². The van der Waals surface area contributed by atoms with Crippen molar-refractivity contribution in [2.75, 3.05) is 20.1 Å². The van der Waals surface area contributed by atoms with Gasteiger partial charge in [0, 0.05) is 19.3 Å². The molecule has 0 bridgehead atoms. The highest BCUT2D eigenvalue weighted by atomic mass is 15.4. The van der Waals surface area contributed by atoms with Crippen molar-refractivity contribution < 1.29 is 4.48 Å². The van der Waals surface area contributed by atoms with E-state index in [1.165, 1.54) is 49.6 Å². The molecule has 0 spiro atoms. The lowest BCUT2D eigenvalue weighted by molar-refractivity contribution is -0.914. The molecule has 0 aromatic rings. The molecule has 1 heteroatoms. The number of likely N-dealkylation sites (tertiary alicyclic amines) is 1. The van der Waals surface area contributed by atoms with Gasteiger partial charge in [-0.15, -0.1) is 0 Å². The first-order valence-electron chi connectivity index (χ1n) is 7.03. The van der Waals surface area contributed by atoms with E-state index in [-0.39, 0.29) is 0 Å². The van der Waals surface area contributed by atoms with Crippen LogP contribution in [-0.2, 0) is 0 Å². The summed E-state index contributed by atoms with van der Waals surface area (Å²) in [6, 6.07) is 0.866. The van der Waals surface area contributed by atoms with Gasteiger partial charge in [-0.2, -0.15) is 0 Å². The highest BCUT2D eigenvalue weighted by Gasteiger charge is 2.35. The van der Waals surface area contributed by atoms with Crippen LogP contribution in [0, 0.1) is 11.8 Å². The van der Waals surface area contributed by atoms with Gasteiger partial charge in [0.2, 0.25) is 0 Å². The van der Waals surface area contributed by atoms with Crippen LogP contribution in [-0.4, -0.2) is 30.7 Å². The summed E-state index contributed by atoms with van der Waals surface area (Å²) < 4.78 is 1.21. The van der Waals surface area contributed by atoms with Gasteiger partial charge in [-0.25, -0.2) is 0 Å². The van der Waals surface area contributed by atoms with Gasteiger partial charge in [-0.05, 0) is 18.8 Å². The number of unbranched alkanes of at least 4 members (excludes halogenated alkanes) is 3. The first kappa shape index (κ1) is 13.6. The maximum atomic E-state index is 3.41. The zero-order valence-electron chi connectivity index (χ0n) is 11.4. The molecule has 0 aromatic carbocycles. The Morgan fingerprint density at radius 3 is 2.69 bits per heavy atom. The molecule has 92 valence electrons. The molecule has 0 radical (unpaired) electrons. The highest BCUT2D eigenvalue weighted by Crippen LogP contribution is 2.26. The van der Waals surface area contributed by atoms with Crippen molar-refractivity contribution >= 4 is 0 Å². The van der Waals surface area contributed by atoms with Gasteiger partial charge in [0.25, 0.3) is 0 Å². The molecule has 1 aliphatic rings. The maximum absolute atomic E-state index is 3.41. The summed E-state index contributed by atoms with van der Waals surface area (Å²) in [4.78, 5) is 0. The van der Waals surface area contributed by atoms with Gasteiger partial charge in [0.15, 0.2) is 0 Å². The minimum absolute atomic E-state index is 0.866. The quantitative estimate of drug-likeness (QED) is 0.379. The number of nitrogens with zero attached hydrogens (tertiary/aromatic N) is 1. The molecule has 0 amide bonds. The molecule has 1 saturated heterocycles. The summed E-state index contributed by atoms with van der Waals surface area (Å²) in [6.45, 7) is 6.98. The van der Waals surface area contributed by atoms with Crippen LogP contribution < -0.4 is 0 Å². The molecule has 1 fully saturated rings. The summed E-state index contributed by atoms with van der Waals surface area (Å²) in [5.41, 5.74) is 0. The lowest BCUT2D eigenvalue weighted by atomic mass is 10.1. The van der Waals surface area contributed by atoms with Crippen LogP contribution in [0.15, 0.2) is 0 Å². The maximum Gasteiger partial charge on any atom is 0.140 e. The van der Waals surface area contributed by atoms with E-state index in [4.69, 9.17) is 0 Å². The second kappa shape index (κ2) is 6.97. The second-order valence-corrected chi connectivity index (χ2v) is 5.38. The molecule has 1 heterocycles. The molecule has 16 heavy (non-hydrogen) atoms. The smallest absolute Gasteiger partial charge is 0.140 e. The Kier molecular flexibility index (Phi) is 5.91. The van der Waals surface area contributed by atoms with Gasteiger partial charge in [-0.3, -0.25) is 0 Å². The van der Waals surface area contributed by atoms with Crippen molar-refractivity contribution in [2.24, 2.45) is 0 Å². The number of rotatable bonds is 5. The molecule has 0 aromatic heterocycles. The predicted molar refractivity (Wildman–Crippen MR) is 71.1 cm³/mol. The Labute approximate surface area is 102 Å². The summed E-state index contributed by atoms with van der Waals surface area (Å²) in [5.74, 6) is 6.76. The van der Waals surface area contributed by atoms with E-state index in [0.29, 0.717) is 0 Å². The molecule has 0 N–H and O–H groups in total. The van der Waals surface area contributed by atoms with Crippen molar-refractivity contribution in [3.05, 3.63) is 0 Å². The third-order valence-electron chi connectivity index (χ3n) is 4.03. The molecule has 2 atom stereocenters. The number of hydrogen-bond donors (Lipinski definition) is 0. The number of hydrogen-bond acceptors (Lipinski definition) is 0. The monoisotopic (exact) mass is 222 g/mol. The fourth-order valence-electron chi connectivity index (χ4n) is 2.82. The summed E-state index contributed by atoms with van der Waals surface area (Å²) in [7, 11) is 2.39. The van der Waals surface area contributed by atoms with E-state index in [0.717, 1.165) is 19.0 Å². The highest BCUT2D eigenvalue weighted by molar-refractivity contribution is 4.99. The minimum Gasteiger partial charge on any atom is -0.314 e. The number of quaternary nitrogens is 1. The molecule has 0 aliphatic carbocycles. The van der Waals surface area contributed by atoms with Crippen LogP contribution >= 0.6 is 0 Å². The molecule has 1 aliphatic heterocycles. The average Bonchev–Trinajstić information content (AvgIpc) is 2.65. The van der Waals surface area contributed by atoms with Crippen molar-refractivity contribution in [2.45, 2.75) is 64.8 Å². The Morgan fingerprint density at radius 2 is 2.00 bits per heavy atom. The van der Waals surface area contributed by atoms with E-state index >= 15 is 0 Å². The predicted octanol–water partition coefficient (Wildman–Crippen LogP) is 3.59. The molecular weight excluding hydrogens is 194 g/mol. The Hall–Kier alpha value is -0.480. The first-order valence-corrected chi connectivity index (χ1v) is 7.03. The Morgan fingerprint density at radius 1 is 1.19 bits per heavy atom. The van der Waals surface area contributed by atoms with Crippen molar-refractivity contribution in [1.29, 1.82) is 0 Å². The largest absolute Gasteiger partial charge is 0.314 e.